The first kappa shape index (κ1) is 16.1. The molecule has 0 fully saturated rings. The molecule has 0 aliphatic rings. The Morgan fingerprint density at radius 2 is 1.90 bits per heavy atom. The zero-order valence-corrected chi connectivity index (χ0v) is 14.2. The van der Waals surface area contributed by atoms with E-state index in [9.17, 15) is 4.79 Å². The number of amides is 1. The molecule has 1 unspecified atom stereocenters. The van der Waals surface area contributed by atoms with Crippen molar-refractivity contribution >= 4 is 46.1 Å². The monoisotopic (exact) mass is 343 g/mol. The summed E-state index contributed by atoms with van der Waals surface area (Å²) in [5, 5.41) is 4.43. The molecule has 1 atom stereocenters. The fourth-order valence-corrected chi connectivity index (χ4v) is 3.43. The van der Waals surface area contributed by atoms with E-state index in [1.54, 1.807) is 11.3 Å². The van der Waals surface area contributed by atoms with Crippen molar-refractivity contribution in [1.29, 1.82) is 0 Å². The van der Waals surface area contributed by atoms with Crippen molar-refractivity contribution in [3.05, 3.63) is 43.3 Å². The average molecular weight is 344 g/mol. The third kappa shape index (κ3) is 3.48. The van der Waals surface area contributed by atoms with E-state index in [1.165, 1.54) is 12.1 Å². The number of hydrogen-bond donors (Lipinski definition) is 2. The predicted molar refractivity (Wildman–Crippen MR) is 88.3 cm³/mol. The number of hydrogen-bond acceptors (Lipinski definition) is 4. The van der Waals surface area contributed by atoms with Crippen molar-refractivity contribution in [1.82, 2.24) is 10.3 Å². The van der Waals surface area contributed by atoms with Gasteiger partial charge in [-0.3, -0.25) is 4.79 Å². The molecule has 1 aromatic carbocycles. The summed E-state index contributed by atoms with van der Waals surface area (Å²) in [6.45, 7) is 5.78. The number of aromatic nitrogens is 1. The first-order chi connectivity index (χ1) is 9.79. The minimum atomic E-state index is -0.253. The number of rotatable bonds is 3. The van der Waals surface area contributed by atoms with Crippen LogP contribution >= 0.6 is 34.5 Å². The highest BCUT2D eigenvalue weighted by Gasteiger charge is 2.17. The summed E-state index contributed by atoms with van der Waals surface area (Å²) in [4.78, 5) is 17.7. The Bertz CT molecular complexity index is 677. The Morgan fingerprint density at radius 1 is 1.33 bits per heavy atom. The van der Waals surface area contributed by atoms with Gasteiger partial charge in [0.15, 0.2) is 0 Å². The number of nitrogens with zero attached hydrogens (tertiary/aromatic N) is 1. The molecule has 1 aromatic heterocycles. The van der Waals surface area contributed by atoms with E-state index in [2.05, 4.69) is 10.3 Å². The smallest absolute Gasteiger partial charge is 0.251 e. The molecule has 0 aliphatic heterocycles. The predicted octanol–water partition coefficient (Wildman–Crippen LogP) is 4.14. The highest BCUT2D eigenvalue weighted by Crippen LogP contribution is 2.29. The molecule has 21 heavy (non-hydrogen) atoms. The summed E-state index contributed by atoms with van der Waals surface area (Å²) in [5.74, 6) is -0.253. The van der Waals surface area contributed by atoms with Gasteiger partial charge in [0.2, 0.25) is 0 Å². The molecule has 0 spiro atoms. The molecular formula is C14H15Cl2N3OS. The first-order valence-electron chi connectivity index (χ1n) is 6.29. The van der Waals surface area contributed by atoms with Crippen molar-refractivity contribution in [3.63, 3.8) is 0 Å². The van der Waals surface area contributed by atoms with Gasteiger partial charge in [-0.1, -0.05) is 23.2 Å². The molecule has 0 radical (unpaired) electrons. The van der Waals surface area contributed by atoms with Crippen LogP contribution in [0.25, 0.3) is 0 Å². The molecule has 1 amide bonds. The summed E-state index contributed by atoms with van der Waals surface area (Å²) in [5.41, 5.74) is 7.25. The van der Waals surface area contributed by atoms with E-state index in [0.29, 0.717) is 5.56 Å². The zero-order valence-electron chi connectivity index (χ0n) is 11.8. The van der Waals surface area contributed by atoms with E-state index < -0.39 is 0 Å². The highest BCUT2D eigenvalue weighted by molar-refractivity contribution is 7.11. The maximum Gasteiger partial charge on any atom is 0.251 e. The number of nitrogen functional groups attached to an aromatic ring is 1. The summed E-state index contributed by atoms with van der Waals surface area (Å²) in [6, 6.07) is 2.88. The van der Waals surface area contributed by atoms with Crippen LogP contribution in [-0.2, 0) is 0 Å². The molecule has 0 saturated heterocycles. The maximum atomic E-state index is 12.3. The molecule has 7 heteroatoms. The van der Waals surface area contributed by atoms with Crippen molar-refractivity contribution in [2.75, 3.05) is 5.73 Å². The van der Waals surface area contributed by atoms with E-state index in [-0.39, 0.29) is 27.7 Å². The molecule has 112 valence electrons. The fourth-order valence-electron chi connectivity index (χ4n) is 2.01. The van der Waals surface area contributed by atoms with Crippen molar-refractivity contribution in [3.8, 4) is 0 Å². The third-order valence-corrected chi connectivity index (χ3v) is 4.90. The minimum absolute atomic E-state index is 0.140. The normalized spacial score (nSPS) is 12.2. The van der Waals surface area contributed by atoms with Gasteiger partial charge in [-0.05, 0) is 32.9 Å². The van der Waals surface area contributed by atoms with Crippen molar-refractivity contribution in [2.24, 2.45) is 0 Å². The number of halogens is 2. The van der Waals surface area contributed by atoms with Gasteiger partial charge in [0.05, 0.1) is 32.5 Å². The van der Waals surface area contributed by atoms with Crippen LogP contribution in [0.1, 0.15) is 38.9 Å². The van der Waals surface area contributed by atoms with Gasteiger partial charge in [-0.15, -0.1) is 11.3 Å². The molecule has 0 bridgehead atoms. The summed E-state index contributed by atoms with van der Waals surface area (Å²) in [7, 11) is 0. The number of benzene rings is 1. The highest BCUT2D eigenvalue weighted by atomic mass is 35.5. The lowest BCUT2D eigenvalue weighted by molar-refractivity contribution is 0.0940. The molecular weight excluding hydrogens is 329 g/mol. The Morgan fingerprint density at radius 3 is 2.38 bits per heavy atom. The van der Waals surface area contributed by atoms with Crippen LogP contribution in [0, 0.1) is 13.8 Å². The molecule has 3 N–H and O–H groups in total. The zero-order chi connectivity index (χ0) is 15.7. The van der Waals surface area contributed by atoms with Crippen LogP contribution in [0.15, 0.2) is 12.1 Å². The summed E-state index contributed by atoms with van der Waals surface area (Å²) >= 11 is 13.5. The second-order valence-electron chi connectivity index (χ2n) is 4.73. The number of thiazole rings is 1. The number of aryl methyl sites for hydroxylation is 2. The maximum absolute atomic E-state index is 12.3. The van der Waals surface area contributed by atoms with Crippen molar-refractivity contribution < 1.29 is 4.79 Å². The largest absolute Gasteiger partial charge is 0.396 e. The lowest BCUT2D eigenvalue weighted by Gasteiger charge is -2.14. The van der Waals surface area contributed by atoms with Crippen LogP contribution in [0.3, 0.4) is 0 Å². The summed E-state index contributed by atoms with van der Waals surface area (Å²) in [6.07, 6.45) is 0. The lowest BCUT2D eigenvalue weighted by atomic mass is 10.1. The van der Waals surface area contributed by atoms with Gasteiger partial charge in [0.25, 0.3) is 5.91 Å². The Labute approximate surface area is 137 Å². The SMILES string of the molecule is Cc1nc(C)c(C(C)NC(=O)c2cc(Cl)c(N)c(Cl)c2)s1. The van der Waals surface area contributed by atoms with Gasteiger partial charge >= 0.3 is 0 Å². The standard InChI is InChI=1S/C14H15Cl2N3OS/c1-6-13(21-8(3)18-6)7(2)19-14(20)9-4-10(15)12(17)11(16)5-9/h4-5,7H,17H2,1-3H3,(H,19,20). The fraction of sp³-hybridized carbons (Fsp3) is 0.286. The molecule has 2 aromatic rings. The van der Waals surface area contributed by atoms with Crippen LogP contribution in [0.4, 0.5) is 5.69 Å². The molecule has 1 heterocycles. The number of carbonyl (C=O) groups excluding carboxylic acids is 1. The average Bonchev–Trinajstić information content (AvgIpc) is 2.74. The van der Waals surface area contributed by atoms with E-state index >= 15 is 0 Å². The number of nitrogens with one attached hydrogen (secondary N) is 1. The Kier molecular flexibility index (Phi) is 4.76. The number of carbonyl (C=O) groups is 1. The third-order valence-electron chi connectivity index (χ3n) is 3.02. The van der Waals surface area contributed by atoms with Crippen molar-refractivity contribution in [2.45, 2.75) is 26.8 Å². The molecule has 2 rings (SSSR count). The Hall–Kier alpha value is -1.30. The van der Waals surface area contributed by atoms with Crippen LogP contribution in [0.5, 0.6) is 0 Å². The van der Waals surface area contributed by atoms with Gasteiger partial charge in [-0.2, -0.15) is 0 Å². The molecule has 0 saturated carbocycles. The lowest BCUT2D eigenvalue weighted by Crippen LogP contribution is -2.26. The van der Waals surface area contributed by atoms with E-state index in [1.807, 2.05) is 20.8 Å². The van der Waals surface area contributed by atoms with Crippen LogP contribution in [-0.4, -0.2) is 10.9 Å². The minimum Gasteiger partial charge on any atom is -0.396 e. The van der Waals surface area contributed by atoms with Crippen LogP contribution in [0.2, 0.25) is 10.0 Å². The topological polar surface area (TPSA) is 68.0 Å². The molecule has 4 nitrogen and oxygen atoms in total. The second-order valence-corrected chi connectivity index (χ2v) is 6.78. The summed E-state index contributed by atoms with van der Waals surface area (Å²) < 4.78 is 0. The van der Waals surface area contributed by atoms with Gasteiger partial charge < -0.3 is 11.1 Å². The second kappa shape index (κ2) is 6.22. The van der Waals surface area contributed by atoms with E-state index in [4.69, 9.17) is 28.9 Å². The Balaban J connectivity index is 2.20. The first-order valence-corrected chi connectivity index (χ1v) is 7.86. The number of anilines is 1. The number of nitrogens with two attached hydrogens (primary N) is 1. The molecule has 0 aliphatic carbocycles. The van der Waals surface area contributed by atoms with Gasteiger partial charge in [-0.25, -0.2) is 4.98 Å². The van der Waals surface area contributed by atoms with Gasteiger partial charge in [0, 0.05) is 10.4 Å². The van der Waals surface area contributed by atoms with Gasteiger partial charge in [0.1, 0.15) is 0 Å². The van der Waals surface area contributed by atoms with E-state index in [0.717, 1.165) is 15.6 Å². The quantitative estimate of drug-likeness (QED) is 0.823. The van der Waals surface area contributed by atoms with Crippen LogP contribution < -0.4 is 11.1 Å².